The highest BCUT2D eigenvalue weighted by atomic mass is 35.5. The Morgan fingerprint density at radius 3 is 1.74 bits per heavy atom. The molecular weight excluding hydrogens is 458 g/mol. The number of hydrogen-bond acceptors (Lipinski definition) is 4. The van der Waals surface area contributed by atoms with E-state index >= 15 is 0 Å². The van der Waals surface area contributed by atoms with Gasteiger partial charge >= 0.3 is 0 Å². The summed E-state index contributed by atoms with van der Waals surface area (Å²) in [5, 5.41) is 0.0409. The minimum absolute atomic E-state index is 0.0409. The van der Waals surface area contributed by atoms with Crippen molar-refractivity contribution in [2.45, 2.75) is 12.5 Å². The number of rotatable bonds is 7. The van der Waals surface area contributed by atoms with E-state index in [4.69, 9.17) is 11.6 Å². The predicted octanol–water partition coefficient (Wildman–Crippen LogP) is 4.46. The molecule has 3 aromatic carbocycles. The first-order chi connectivity index (χ1) is 17.1. The second-order valence-corrected chi connectivity index (χ2v) is 9.29. The summed E-state index contributed by atoms with van der Waals surface area (Å²) in [4.78, 5) is 31.7. The van der Waals surface area contributed by atoms with Crippen LogP contribution in [0.5, 0.6) is 0 Å². The zero-order valence-corrected chi connectivity index (χ0v) is 20.3. The molecule has 6 heteroatoms. The third kappa shape index (κ3) is 4.88. The van der Waals surface area contributed by atoms with E-state index in [1.807, 2.05) is 47.4 Å². The number of nitrogens with zero attached hydrogens (tertiary/aromatic N) is 3. The molecule has 2 amide bonds. The molecule has 178 valence electrons. The van der Waals surface area contributed by atoms with E-state index in [-0.39, 0.29) is 17.0 Å². The molecule has 0 saturated carbocycles. The molecule has 0 unspecified atom stereocenters. The SMILES string of the molecule is O=C1C(Cl)=C(N2CCN(C(c3ccccc3)c3ccccc3)CC2)C(=O)N1CCc1ccccc1. The van der Waals surface area contributed by atoms with E-state index in [1.54, 1.807) is 0 Å². The Balaban J connectivity index is 1.28. The average Bonchev–Trinajstić information content (AvgIpc) is 3.12. The fraction of sp³-hybridized carbons (Fsp3) is 0.241. The van der Waals surface area contributed by atoms with Crippen molar-refractivity contribution in [3.63, 3.8) is 0 Å². The highest BCUT2D eigenvalue weighted by Gasteiger charge is 2.41. The number of benzene rings is 3. The monoisotopic (exact) mass is 485 g/mol. The summed E-state index contributed by atoms with van der Waals surface area (Å²) in [7, 11) is 0. The summed E-state index contributed by atoms with van der Waals surface area (Å²) in [6.07, 6.45) is 0.610. The summed E-state index contributed by atoms with van der Waals surface area (Å²) in [6, 6.07) is 31.0. The molecule has 5 rings (SSSR count). The van der Waals surface area contributed by atoms with Crippen molar-refractivity contribution in [2.75, 3.05) is 32.7 Å². The molecule has 0 spiro atoms. The van der Waals surface area contributed by atoms with E-state index in [9.17, 15) is 9.59 Å². The normalized spacial score (nSPS) is 17.1. The first-order valence-corrected chi connectivity index (χ1v) is 12.4. The minimum atomic E-state index is -0.392. The number of carbonyl (C=O) groups excluding carboxylic acids is 2. The van der Waals surface area contributed by atoms with Gasteiger partial charge in [-0.25, -0.2) is 0 Å². The molecule has 0 atom stereocenters. The van der Waals surface area contributed by atoms with Crippen LogP contribution in [-0.4, -0.2) is 59.2 Å². The van der Waals surface area contributed by atoms with Crippen molar-refractivity contribution in [3.8, 4) is 0 Å². The summed E-state index contributed by atoms with van der Waals surface area (Å²) in [5.41, 5.74) is 3.91. The molecule has 2 aliphatic heterocycles. The molecule has 0 bridgehead atoms. The van der Waals surface area contributed by atoms with Gasteiger partial charge in [0.2, 0.25) is 0 Å². The van der Waals surface area contributed by atoms with Crippen molar-refractivity contribution in [1.82, 2.24) is 14.7 Å². The number of piperazine rings is 1. The summed E-state index contributed by atoms with van der Waals surface area (Å²) in [6.45, 7) is 3.10. The van der Waals surface area contributed by atoms with E-state index in [0.717, 1.165) is 18.7 Å². The maximum Gasteiger partial charge on any atom is 0.278 e. The molecule has 0 radical (unpaired) electrons. The first kappa shape index (κ1) is 23.3. The Hall–Kier alpha value is -3.41. The Morgan fingerprint density at radius 1 is 0.686 bits per heavy atom. The van der Waals surface area contributed by atoms with Crippen LogP contribution < -0.4 is 0 Å². The highest BCUT2D eigenvalue weighted by molar-refractivity contribution is 6.47. The van der Waals surface area contributed by atoms with Crippen LogP contribution in [0.3, 0.4) is 0 Å². The van der Waals surface area contributed by atoms with Gasteiger partial charge in [-0.15, -0.1) is 0 Å². The van der Waals surface area contributed by atoms with Gasteiger partial charge in [0.1, 0.15) is 10.7 Å². The molecule has 1 fully saturated rings. The number of halogens is 1. The first-order valence-electron chi connectivity index (χ1n) is 12.0. The Labute approximate surface area is 211 Å². The van der Waals surface area contributed by atoms with Crippen LogP contribution in [0.1, 0.15) is 22.7 Å². The Kier molecular flexibility index (Phi) is 6.98. The Morgan fingerprint density at radius 2 is 1.20 bits per heavy atom. The second-order valence-electron chi connectivity index (χ2n) is 8.91. The Bertz CT molecular complexity index is 1170. The molecule has 0 N–H and O–H groups in total. The number of carbonyl (C=O) groups is 2. The molecule has 35 heavy (non-hydrogen) atoms. The number of imide groups is 1. The minimum Gasteiger partial charge on any atom is -0.363 e. The molecule has 0 aromatic heterocycles. The van der Waals surface area contributed by atoms with Crippen LogP contribution in [0.4, 0.5) is 0 Å². The molecule has 1 saturated heterocycles. The summed E-state index contributed by atoms with van der Waals surface area (Å²) >= 11 is 6.44. The molecule has 2 heterocycles. The lowest BCUT2D eigenvalue weighted by molar-refractivity contribution is -0.138. The fourth-order valence-corrected chi connectivity index (χ4v) is 5.29. The van der Waals surface area contributed by atoms with Gasteiger partial charge in [-0.1, -0.05) is 103 Å². The molecule has 2 aliphatic rings. The van der Waals surface area contributed by atoms with Gasteiger partial charge in [0.15, 0.2) is 0 Å². The van der Waals surface area contributed by atoms with Gasteiger partial charge in [-0.2, -0.15) is 0 Å². The third-order valence-electron chi connectivity index (χ3n) is 6.78. The topological polar surface area (TPSA) is 43.9 Å². The predicted molar refractivity (Wildman–Crippen MR) is 138 cm³/mol. The summed E-state index contributed by atoms with van der Waals surface area (Å²) in [5.74, 6) is -0.677. The second kappa shape index (κ2) is 10.5. The van der Waals surface area contributed by atoms with Crippen LogP contribution >= 0.6 is 11.6 Å². The van der Waals surface area contributed by atoms with Crippen molar-refractivity contribution in [3.05, 3.63) is 118 Å². The maximum absolute atomic E-state index is 13.2. The molecule has 3 aromatic rings. The molecule has 0 aliphatic carbocycles. The van der Waals surface area contributed by atoms with Gasteiger partial charge in [0.05, 0.1) is 6.04 Å². The molecule has 5 nitrogen and oxygen atoms in total. The van der Waals surface area contributed by atoms with E-state index < -0.39 is 5.91 Å². The lowest BCUT2D eigenvalue weighted by atomic mass is 9.96. The van der Waals surface area contributed by atoms with Crippen molar-refractivity contribution >= 4 is 23.4 Å². The van der Waals surface area contributed by atoms with Crippen molar-refractivity contribution < 1.29 is 9.59 Å². The number of amides is 2. The van der Waals surface area contributed by atoms with E-state index in [0.29, 0.717) is 31.8 Å². The van der Waals surface area contributed by atoms with Gasteiger partial charge in [-0.05, 0) is 23.1 Å². The van der Waals surface area contributed by atoms with Crippen LogP contribution in [0.25, 0.3) is 0 Å². The smallest absolute Gasteiger partial charge is 0.278 e. The standard InChI is InChI=1S/C29H28ClN3O2/c30-25-27(29(35)33(28(25)34)17-16-22-10-4-1-5-11-22)32-20-18-31(19-21-32)26(23-12-6-2-7-13-23)24-14-8-3-9-15-24/h1-15,26H,16-21H2. The average molecular weight is 486 g/mol. The third-order valence-corrected chi connectivity index (χ3v) is 7.12. The quantitative estimate of drug-likeness (QED) is 0.464. The van der Waals surface area contributed by atoms with Gasteiger partial charge in [-0.3, -0.25) is 19.4 Å². The lowest BCUT2D eigenvalue weighted by Gasteiger charge is -2.40. The van der Waals surface area contributed by atoms with Crippen LogP contribution in [0.2, 0.25) is 0 Å². The van der Waals surface area contributed by atoms with Gasteiger partial charge < -0.3 is 4.90 Å². The maximum atomic E-state index is 13.2. The van der Waals surface area contributed by atoms with Crippen LogP contribution in [-0.2, 0) is 16.0 Å². The largest absolute Gasteiger partial charge is 0.363 e. The zero-order valence-electron chi connectivity index (χ0n) is 19.5. The van der Waals surface area contributed by atoms with Gasteiger partial charge in [0.25, 0.3) is 11.8 Å². The summed E-state index contributed by atoms with van der Waals surface area (Å²) < 4.78 is 0. The van der Waals surface area contributed by atoms with Crippen molar-refractivity contribution in [2.24, 2.45) is 0 Å². The zero-order chi connectivity index (χ0) is 24.2. The van der Waals surface area contributed by atoms with Gasteiger partial charge in [0, 0.05) is 32.7 Å². The number of hydrogen-bond donors (Lipinski definition) is 0. The van der Waals surface area contributed by atoms with Crippen molar-refractivity contribution in [1.29, 1.82) is 0 Å². The van der Waals surface area contributed by atoms with E-state index in [2.05, 4.69) is 53.4 Å². The van der Waals surface area contributed by atoms with E-state index in [1.165, 1.54) is 16.0 Å². The molecular formula is C29H28ClN3O2. The van der Waals surface area contributed by atoms with Crippen LogP contribution in [0, 0.1) is 0 Å². The highest BCUT2D eigenvalue weighted by Crippen LogP contribution is 2.32. The lowest BCUT2D eigenvalue weighted by Crippen LogP contribution is -2.48. The van der Waals surface area contributed by atoms with Crippen LogP contribution in [0.15, 0.2) is 102 Å². The fourth-order valence-electron chi connectivity index (χ4n) is 4.98.